The summed E-state index contributed by atoms with van der Waals surface area (Å²) in [7, 11) is 0. The maximum Gasteiger partial charge on any atom is 0.326 e. The lowest BCUT2D eigenvalue weighted by Crippen LogP contribution is -2.57. The maximum absolute atomic E-state index is 13.9. The minimum Gasteiger partial charge on any atom is -0.506 e. The van der Waals surface area contributed by atoms with Gasteiger partial charge < -0.3 is 93.9 Å². The molecule has 0 radical (unpaired) electrons. The van der Waals surface area contributed by atoms with Gasteiger partial charge in [-0.3, -0.25) is 62.4 Å². The minimum absolute atomic E-state index is 0.0240. The number of hydrogen-bond donors (Lipinski definition) is 16. The van der Waals surface area contributed by atoms with Crippen LogP contribution in [-0.2, 0) is 73.4 Å². The van der Waals surface area contributed by atoms with Crippen LogP contribution in [0.5, 0.6) is 5.75 Å². The van der Waals surface area contributed by atoms with Gasteiger partial charge in [0.25, 0.3) is 23.6 Å². The van der Waals surface area contributed by atoms with Crippen LogP contribution in [0.4, 0.5) is 10.5 Å². The summed E-state index contributed by atoms with van der Waals surface area (Å²) in [6.45, 7) is 6.29. The van der Waals surface area contributed by atoms with Gasteiger partial charge in [0.2, 0.25) is 35.4 Å². The van der Waals surface area contributed by atoms with Crippen molar-refractivity contribution in [3.63, 3.8) is 0 Å². The number of amides is 12. The van der Waals surface area contributed by atoms with E-state index in [0.29, 0.717) is 61.9 Å². The number of nitrogens with one attached hydrogen (secondary N) is 10. The van der Waals surface area contributed by atoms with E-state index >= 15 is 0 Å². The molecule has 0 aliphatic carbocycles. The van der Waals surface area contributed by atoms with Crippen LogP contribution in [0, 0.1) is 5.92 Å². The van der Waals surface area contributed by atoms with E-state index in [2.05, 4.69) is 47.9 Å². The number of phenolic OH excluding ortho intramolecular Hbond substituents is 1. The van der Waals surface area contributed by atoms with E-state index in [0.717, 1.165) is 23.5 Å². The number of aromatic hydroxyl groups is 1. The predicted octanol–water partition coefficient (Wildman–Crippen LogP) is 0.298. The summed E-state index contributed by atoms with van der Waals surface area (Å²) in [6.07, 6.45) is 4.47. The third kappa shape index (κ3) is 34.1. The lowest BCUT2D eigenvalue weighted by molar-refractivity contribution is -0.141. The zero-order valence-electron chi connectivity index (χ0n) is 55.8. The molecule has 0 fully saturated rings. The Bertz CT molecular complexity index is 3110. The van der Waals surface area contributed by atoms with Gasteiger partial charge in [-0.1, -0.05) is 32.8 Å². The number of phenols is 1. The van der Waals surface area contributed by atoms with Crippen LogP contribution >= 0.6 is 0 Å². The van der Waals surface area contributed by atoms with Gasteiger partial charge in [-0.25, -0.2) is 14.4 Å². The average molecular weight is 1400 g/mol. The summed E-state index contributed by atoms with van der Waals surface area (Å²) in [5.41, 5.74) is 7.37. The Morgan fingerprint density at radius 2 is 1.02 bits per heavy atom. The van der Waals surface area contributed by atoms with Crippen LogP contribution in [0.2, 0.25) is 0 Å². The molecule has 6 atom stereocenters. The summed E-state index contributed by atoms with van der Waals surface area (Å²) in [6, 6.07) is 2.19. The lowest BCUT2D eigenvalue weighted by atomic mass is 10.0. The molecule has 99 heavy (non-hydrogen) atoms. The monoisotopic (exact) mass is 1390 g/mol. The summed E-state index contributed by atoms with van der Waals surface area (Å²) in [5.74, 6) is -11.3. The van der Waals surface area contributed by atoms with Crippen molar-refractivity contribution < 1.29 is 107 Å². The van der Waals surface area contributed by atoms with Gasteiger partial charge in [0.15, 0.2) is 0 Å². The number of hydrogen-bond acceptors (Lipinski definition) is 19. The summed E-state index contributed by atoms with van der Waals surface area (Å²) in [5, 5.41) is 72.4. The van der Waals surface area contributed by atoms with Crippen molar-refractivity contribution in [3.05, 3.63) is 71.3 Å². The second-order valence-electron chi connectivity index (χ2n) is 23.6. The molecule has 0 saturated carbocycles. The number of rotatable bonds is 50. The summed E-state index contributed by atoms with van der Waals surface area (Å²) in [4.78, 5) is 186. The van der Waals surface area contributed by atoms with Gasteiger partial charge in [-0.15, -0.1) is 0 Å². The predicted molar refractivity (Wildman–Crippen MR) is 353 cm³/mol. The highest BCUT2D eigenvalue weighted by Crippen LogP contribution is 2.25. The number of imide groups is 1. The fourth-order valence-corrected chi connectivity index (χ4v) is 9.54. The molecule has 17 N–H and O–H groups in total. The molecule has 0 aromatic heterocycles. The number of nitrogens with zero attached hydrogens (tertiary/aromatic N) is 1. The molecule has 1 heterocycles. The molecule has 2 aromatic carbocycles. The number of urea groups is 1. The Morgan fingerprint density at radius 3 is 1.59 bits per heavy atom. The molecule has 1 aliphatic rings. The molecule has 12 amide bonds. The van der Waals surface area contributed by atoms with Crippen molar-refractivity contribution in [2.24, 2.45) is 11.7 Å². The van der Waals surface area contributed by atoms with Crippen molar-refractivity contribution in [1.29, 1.82) is 0 Å². The molecule has 1 aliphatic heterocycles. The number of anilines is 1. The Balaban J connectivity index is 1.31. The molecule has 34 nitrogen and oxygen atoms in total. The molecule has 34 heteroatoms. The zero-order valence-corrected chi connectivity index (χ0v) is 55.8. The first kappa shape index (κ1) is 83.1. The van der Waals surface area contributed by atoms with E-state index in [1.165, 1.54) is 43.3 Å². The van der Waals surface area contributed by atoms with Crippen molar-refractivity contribution in [2.45, 2.75) is 166 Å². The number of aliphatic carboxylic acids is 4. The van der Waals surface area contributed by atoms with E-state index in [9.17, 15) is 87.2 Å². The van der Waals surface area contributed by atoms with Gasteiger partial charge in [0, 0.05) is 94.1 Å². The van der Waals surface area contributed by atoms with E-state index in [4.69, 9.17) is 25.4 Å². The summed E-state index contributed by atoms with van der Waals surface area (Å²) >= 11 is 0. The van der Waals surface area contributed by atoms with E-state index in [-0.39, 0.29) is 133 Å². The normalized spacial score (nSPS) is 13.5. The molecular formula is C65H94N12O22. The number of carboxylic acids is 4. The van der Waals surface area contributed by atoms with Gasteiger partial charge in [-0.2, -0.15) is 0 Å². The topological polar surface area (TPSA) is 525 Å². The fourth-order valence-electron chi connectivity index (χ4n) is 9.54. The van der Waals surface area contributed by atoms with E-state index in [1.54, 1.807) is 19.9 Å². The molecular weight excluding hydrogens is 1300 g/mol. The molecule has 546 valence electrons. The molecule has 0 unspecified atom stereocenters. The maximum atomic E-state index is 13.9. The van der Waals surface area contributed by atoms with Crippen molar-refractivity contribution >= 4 is 94.7 Å². The first-order chi connectivity index (χ1) is 47.0. The highest BCUT2D eigenvalue weighted by atomic mass is 16.5. The Hall–Kier alpha value is -10.1. The number of carbonyl (C=O) groups is 15. The van der Waals surface area contributed by atoms with Crippen LogP contribution in [-0.4, -0.2) is 215 Å². The van der Waals surface area contributed by atoms with Gasteiger partial charge in [-0.05, 0) is 119 Å². The van der Waals surface area contributed by atoms with Crippen LogP contribution in [0.3, 0.4) is 0 Å². The zero-order chi connectivity index (χ0) is 73.4. The number of nitrogens with two attached hydrogens (primary N) is 1. The largest absolute Gasteiger partial charge is 0.506 e. The number of ether oxygens (including phenoxy) is 2. The number of carbonyl (C=O) groups excluding carboxylic acids is 11. The van der Waals surface area contributed by atoms with Gasteiger partial charge >= 0.3 is 29.9 Å². The SMILES string of the molecule is CC(C)[C@H](NC(=O)[C@H](CCCCNC(=O)CCOCCOCCNC(=O)c1ccc(C(=O)NCCCCCCNC(=O)CC[C@H](NC(=O)N[C@@H](CCC(=O)O)C(=O)O)C(=O)O)cc1)NC(=O)CCCN1C(=O)C=CC1=O)C(=O)N[C@@H](C)C(=O)Nc1cc(C[C@H](N)CCC(=O)O)ccc1O. The number of benzene rings is 2. The molecule has 0 spiro atoms. The van der Waals surface area contributed by atoms with E-state index < -0.39 is 126 Å². The summed E-state index contributed by atoms with van der Waals surface area (Å²) < 4.78 is 11.0. The molecule has 0 bridgehead atoms. The fraction of sp³-hybridized carbons (Fsp3) is 0.554. The van der Waals surface area contributed by atoms with Crippen LogP contribution < -0.4 is 58.9 Å². The number of unbranched alkanes of at least 4 members (excludes halogenated alkanes) is 4. The van der Waals surface area contributed by atoms with Crippen LogP contribution in [0.15, 0.2) is 54.6 Å². The molecule has 0 saturated heterocycles. The Labute approximate surface area is 571 Å². The third-order valence-corrected chi connectivity index (χ3v) is 15.1. The van der Waals surface area contributed by atoms with Crippen LogP contribution in [0.25, 0.3) is 0 Å². The Morgan fingerprint density at radius 1 is 0.495 bits per heavy atom. The minimum atomic E-state index is -1.56. The van der Waals surface area contributed by atoms with Crippen molar-refractivity contribution in [3.8, 4) is 5.75 Å². The van der Waals surface area contributed by atoms with Crippen molar-refractivity contribution in [1.82, 2.24) is 52.8 Å². The number of carboxylic acid groups (broad SMARTS) is 4. The highest BCUT2D eigenvalue weighted by molar-refractivity contribution is 6.13. The van der Waals surface area contributed by atoms with E-state index in [1.807, 2.05) is 5.32 Å². The first-order valence-electron chi connectivity index (χ1n) is 32.7. The van der Waals surface area contributed by atoms with Gasteiger partial charge in [0.1, 0.15) is 36.0 Å². The molecule has 3 rings (SSSR count). The smallest absolute Gasteiger partial charge is 0.326 e. The quantitative estimate of drug-likeness (QED) is 0.0241. The van der Waals surface area contributed by atoms with Crippen molar-refractivity contribution in [2.75, 3.05) is 64.5 Å². The second-order valence-corrected chi connectivity index (χ2v) is 23.6. The Kier molecular flexibility index (Phi) is 38.1. The first-order valence-corrected chi connectivity index (χ1v) is 32.7. The third-order valence-electron chi connectivity index (χ3n) is 15.1. The highest BCUT2D eigenvalue weighted by Gasteiger charge is 2.32. The lowest BCUT2D eigenvalue weighted by Gasteiger charge is -2.26. The molecule has 2 aromatic rings. The van der Waals surface area contributed by atoms with Crippen LogP contribution in [0.1, 0.15) is 150 Å². The second kappa shape index (κ2) is 45.4. The standard InChI is InChI=1S/C65H94N12O22/c1-39(2)57(62(92)71-40(3)58(88)73-48-38-41(13-21-49(48)78)37-44(66)18-25-55(84)85)76-61(91)45(72-52(81)12-10-32-77-53(82)23-24-54(77)83)11-6-9-29-68-51(80)27-33-98-35-36-99-34-31-70-60(90)43-16-14-42(15-17-43)59(89)69-30-8-5-4-7-28-67-50(79)22-19-46(63(93)94)74-65(97)75-47(64(95)96)20-26-56(86)87/h13-17,21,23-24,38-40,44-47,57,78H,4-12,18-20,22,25-37,66H2,1-3H3,(H,67,79)(H,68,80)(H,69,89)(H,70,90)(H,71,92)(H,72,81)(H,73,88)(H,76,91)(H,84,85)(H,86,87)(H,93,94)(H,95,96)(H2,74,75,97)/t40-,44+,45-,46-,47-,57-/m0/s1. The average Bonchev–Trinajstić information content (AvgIpc) is 1.26. The van der Waals surface area contributed by atoms with Gasteiger partial charge in [0.05, 0.1) is 32.1 Å².